The molecular weight excluding hydrogens is 324 g/mol. The van der Waals surface area contributed by atoms with Crippen molar-refractivity contribution >= 4 is 21.9 Å². The van der Waals surface area contributed by atoms with Gasteiger partial charge < -0.3 is 9.47 Å². The lowest BCUT2D eigenvalue weighted by atomic mass is 10.1. The Morgan fingerprint density at radius 1 is 1.45 bits per heavy atom. The quantitative estimate of drug-likeness (QED) is 0.786. The number of rotatable bonds is 5. The van der Waals surface area contributed by atoms with Gasteiger partial charge in [-0.15, -0.1) is 0 Å². The number of hydrogen-bond donors (Lipinski definition) is 0. The predicted molar refractivity (Wildman–Crippen MR) is 78.5 cm³/mol. The maximum Gasteiger partial charge on any atom is 0.327 e. The van der Waals surface area contributed by atoms with Gasteiger partial charge in [-0.25, -0.2) is 0 Å². The number of para-hydroxylation sites is 1. The molecule has 2 rings (SSSR count). The highest BCUT2D eigenvalue weighted by molar-refractivity contribution is 9.10. The molecule has 5 nitrogen and oxygen atoms in total. The highest BCUT2D eigenvalue weighted by Crippen LogP contribution is 2.35. The van der Waals surface area contributed by atoms with Crippen LogP contribution >= 0.6 is 15.9 Å². The van der Waals surface area contributed by atoms with Gasteiger partial charge in [-0.2, -0.15) is 5.10 Å². The number of halogens is 1. The fraction of sp³-hybridized carbons (Fsp3) is 0.286. The number of aromatic nitrogens is 2. The van der Waals surface area contributed by atoms with Crippen LogP contribution in [0.5, 0.6) is 5.75 Å². The molecule has 1 aromatic heterocycles. The van der Waals surface area contributed by atoms with Crippen molar-refractivity contribution in [2.24, 2.45) is 0 Å². The smallest absolute Gasteiger partial charge is 0.327 e. The molecule has 0 aliphatic rings. The molecule has 0 saturated heterocycles. The highest BCUT2D eigenvalue weighted by Gasteiger charge is 2.12. The zero-order valence-electron chi connectivity index (χ0n) is 11.3. The van der Waals surface area contributed by atoms with Crippen molar-refractivity contribution in [2.45, 2.75) is 13.5 Å². The minimum atomic E-state index is -0.302. The van der Waals surface area contributed by atoms with E-state index in [2.05, 4.69) is 21.0 Å². The van der Waals surface area contributed by atoms with Gasteiger partial charge in [-0.3, -0.25) is 9.48 Å². The van der Waals surface area contributed by atoms with E-state index in [1.54, 1.807) is 31.1 Å². The van der Waals surface area contributed by atoms with Gasteiger partial charge in [-0.1, -0.05) is 12.1 Å². The van der Waals surface area contributed by atoms with Gasteiger partial charge in [-0.05, 0) is 28.9 Å². The second-order valence-corrected chi connectivity index (χ2v) is 4.91. The van der Waals surface area contributed by atoms with Crippen LogP contribution in [0.1, 0.15) is 6.92 Å². The number of ether oxygens (including phenoxy) is 2. The Morgan fingerprint density at radius 3 is 2.95 bits per heavy atom. The van der Waals surface area contributed by atoms with Crippen LogP contribution in [0, 0.1) is 0 Å². The molecular formula is C14H15BrN2O3. The average molecular weight is 339 g/mol. The SMILES string of the molecule is CCOC(=O)Cn1cc(-c2cccc(Br)c2OC)cn1. The molecule has 0 bridgehead atoms. The topological polar surface area (TPSA) is 53.4 Å². The Bertz CT molecular complexity index is 610. The Kier molecular flexibility index (Phi) is 4.79. The second kappa shape index (κ2) is 6.56. The van der Waals surface area contributed by atoms with Crippen molar-refractivity contribution in [2.75, 3.05) is 13.7 Å². The van der Waals surface area contributed by atoms with E-state index >= 15 is 0 Å². The fourth-order valence-electron chi connectivity index (χ4n) is 1.87. The Hall–Kier alpha value is -1.82. The summed E-state index contributed by atoms with van der Waals surface area (Å²) in [7, 11) is 1.62. The van der Waals surface area contributed by atoms with Crippen LogP contribution in [0.2, 0.25) is 0 Å². The number of carbonyl (C=O) groups is 1. The van der Waals surface area contributed by atoms with Crippen LogP contribution in [-0.4, -0.2) is 29.5 Å². The van der Waals surface area contributed by atoms with Gasteiger partial charge in [0, 0.05) is 17.3 Å². The van der Waals surface area contributed by atoms with E-state index in [1.165, 1.54) is 0 Å². The molecule has 0 spiro atoms. The first-order valence-corrected chi connectivity index (χ1v) is 6.96. The molecule has 0 aliphatic carbocycles. The largest absolute Gasteiger partial charge is 0.495 e. The lowest BCUT2D eigenvalue weighted by Crippen LogP contribution is -2.13. The van der Waals surface area contributed by atoms with Crippen LogP contribution in [0.15, 0.2) is 35.1 Å². The fourth-order valence-corrected chi connectivity index (χ4v) is 2.40. The summed E-state index contributed by atoms with van der Waals surface area (Å²) in [6.45, 7) is 2.25. The first-order chi connectivity index (χ1) is 9.65. The van der Waals surface area contributed by atoms with Crippen LogP contribution in [0.3, 0.4) is 0 Å². The summed E-state index contributed by atoms with van der Waals surface area (Å²) in [5.41, 5.74) is 1.80. The Balaban J connectivity index is 2.25. The minimum Gasteiger partial charge on any atom is -0.495 e. The van der Waals surface area contributed by atoms with E-state index in [1.807, 2.05) is 18.2 Å². The molecule has 0 amide bonds. The normalized spacial score (nSPS) is 10.3. The van der Waals surface area contributed by atoms with Crippen molar-refractivity contribution in [1.82, 2.24) is 9.78 Å². The number of benzene rings is 1. The summed E-state index contributed by atoms with van der Waals surface area (Å²) in [5, 5.41) is 4.16. The third kappa shape index (κ3) is 3.19. The Labute approximate surface area is 125 Å². The zero-order valence-corrected chi connectivity index (χ0v) is 12.9. The van der Waals surface area contributed by atoms with E-state index in [4.69, 9.17) is 9.47 Å². The molecule has 2 aromatic rings. The maximum absolute atomic E-state index is 11.4. The number of carbonyl (C=O) groups excluding carboxylic acids is 1. The van der Waals surface area contributed by atoms with Gasteiger partial charge in [0.2, 0.25) is 0 Å². The number of methoxy groups -OCH3 is 1. The standard InChI is InChI=1S/C14H15BrN2O3/c1-3-20-13(18)9-17-8-10(7-16-17)11-5-4-6-12(15)14(11)19-2/h4-8H,3,9H2,1-2H3. The zero-order chi connectivity index (χ0) is 14.5. The third-order valence-corrected chi connectivity index (χ3v) is 3.34. The summed E-state index contributed by atoms with van der Waals surface area (Å²) < 4.78 is 12.7. The summed E-state index contributed by atoms with van der Waals surface area (Å²) >= 11 is 3.45. The molecule has 0 unspecified atom stereocenters. The van der Waals surface area contributed by atoms with Crippen molar-refractivity contribution < 1.29 is 14.3 Å². The maximum atomic E-state index is 11.4. The molecule has 0 atom stereocenters. The van der Waals surface area contributed by atoms with Crippen molar-refractivity contribution in [1.29, 1.82) is 0 Å². The first-order valence-electron chi connectivity index (χ1n) is 6.16. The molecule has 0 saturated carbocycles. The summed E-state index contributed by atoms with van der Waals surface area (Å²) in [6, 6.07) is 5.77. The van der Waals surface area contributed by atoms with E-state index in [-0.39, 0.29) is 12.5 Å². The average Bonchev–Trinajstić information content (AvgIpc) is 2.87. The highest BCUT2D eigenvalue weighted by atomic mass is 79.9. The number of hydrogen-bond acceptors (Lipinski definition) is 4. The molecule has 6 heteroatoms. The van der Waals surface area contributed by atoms with Gasteiger partial charge in [0.05, 0.1) is 24.4 Å². The number of nitrogens with zero attached hydrogens (tertiary/aromatic N) is 2. The molecule has 106 valence electrons. The second-order valence-electron chi connectivity index (χ2n) is 4.05. The molecule has 1 aromatic carbocycles. The van der Waals surface area contributed by atoms with E-state index < -0.39 is 0 Å². The molecule has 0 aliphatic heterocycles. The molecule has 0 N–H and O–H groups in total. The van der Waals surface area contributed by atoms with E-state index in [9.17, 15) is 4.79 Å². The van der Waals surface area contributed by atoms with Crippen LogP contribution in [0.25, 0.3) is 11.1 Å². The summed E-state index contributed by atoms with van der Waals surface area (Å²) in [4.78, 5) is 11.4. The third-order valence-electron chi connectivity index (χ3n) is 2.71. The van der Waals surface area contributed by atoms with Crippen LogP contribution in [-0.2, 0) is 16.1 Å². The molecule has 1 heterocycles. The van der Waals surface area contributed by atoms with Gasteiger partial charge in [0.1, 0.15) is 12.3 Å². The van der Waals surface area contributed by atoms with E-state index in [0.717, 1.165) is 21.3 Å². The minimum absolute atomic E-state index is 0.101. The van der Waals surface area contributed by atoms with Crippen LogP contribution in [0.4, 0.5) is 0 Å². The predicted octanol–water partition coefficient (Wildman–Crippen LogP) is 2.88. The molecule has 0 fully saturated rings. The number of esters is 1. The van der Waals surface area contributed by atoms with E-state index in [0.29, 0.717) is 6.61 Å². The van der Waals surface area contributed by atoms with Gasteiger partial charge in [0.15, 0.2) is 0 Å². The Morgan fingerprint density at radius 2 is 2.25 bits per heavy atom. The van der Waals surface area contributed by atoms with Crippen molar-refractivity contribution in [3.8, 4) is 16.9 Å². The van der Waals surface area contributed by atoms with Gasteiger partial charge in [0.25, 0.3) is 0 Å². The molecule has 20 heavy (non-hydrogen) atoms. The first kappa shape index (κ1) is 14.6. The lowest BCUT2D eigenvalue weighted by molar-refractivity contribution is -0.144. The monoisotopic (exact) mass is 338 g/mol. The van der Waals surface area contributed by atoms with Crippen LogP contribution < -0.4 is 4.74 Å². The van der Waals surface area contributed by atoms with Crippen molar-refractivity contribution in [3.63, 3.8) is 0 Å². The summed E-state index contributed by atoms with van der Waals surface area (Å²) in [5.74, 6) is 0.437. The lowest BCUT2D eigenvalue weighted by Gasteiger charge is -2.08. The van der Waals surface area contributed by atoms with Crippen molar-refractivity contribution in [3.05, 3.63) is 35.1 Å². The van der Waals surface area contributed by atoms with Gasteiger partial charge >= 0.3 is 5.97 Å². The molecule has 0 radical (unpaired) electrons. The summed E-state index contributed by atoms with van der Waals surface area (Å²) in [6.07, 6.45) is 3.49.